The maximum atomic E-state index is 13.0. The van der Waals surface area contributed by atoms with E-state index in [1.165, 1.54) is 7.11 Å². The highest BCUT2D eigenvalue weighted by molar-refractivity contribution is 7.89. The summed E-state index contributed by atoms with van der Waals surface area (Å²) in [6, 6.07) is 23.6. The van der Waals surface area contributed by atoms with Gasteiger partial charge in [-0.2, -0.15) is 4.98 Å². The van der Waals surface area contributed by atoms with Gasteiger partial charge in [-0.15, -0.1) is 0 Å². The number of nitrogen functional groups attached to an aromatic ring is 1. The van der Waals surface area contributed by atoms with E-state index in [2.05, 4.69) is 15.3 Å². The van der Waals surface area contributed by atoms with Crippen LogP contribution in [0.15, 0.2) is 83.8 Å². The lowest BCUT2D eigenvalue weighted by atomic mass is 10.1. The topological polar surface area (TPSA) is 212 Å². The fraction of sp³-hybridized carbons (Fsp3) is 0.372. The van der Waals surface area contributed by atoms with Crippen molar-refractivity contribution in [2.24, 2.45) is 5.14 Å². The minimum atomic E-state index is -3.84. The Kier molecular flexibility index (Phi) is 14.8. The van der Waals surface area contributed by atoms with Crippen LogP contribution in [0.5, 0.6) is 40.2 Å². The van der Waals surface area contributed by atoms with Gasteiger partial charge in [-0.25, -0.2) is 18.5 Å². The minimum Gasteiger partial charge on any atom is -0.495 e. The van der Waals surface area contributed by atoms with Crippen molar-refractivity contribution in [3.05, 3.63) is 84.4 Å². The summed E-state index contributed by atoms with van der Waals surface area (Å²) in [5.74, 6) is 4.87. The number of benzene rings is 4. The Bertz CT molecular complexity index is 2400. The van der Waals surface area contributed by atoms with Crippen molar-refractivity contribution < 1.29 is 46.4 Å². The maximum Gasteiger partial charge on any atom is 0.267 e. The first-order valence-electron chi connectivity index (χ1n) is 19.8. The Labute approximate surface area is 355 Å². The van der Waals surface area contributed by atoms with Gasteiger partial charge in [0.05, 0.1) is 33.5 Å². The number of amides is 1. The predicted octanol–water partition coefficient (Wildman–Crippen LogP) is 4.06. The number of rotatable bonds is 15. The molecule has 2 aliphatic heterocycles. The number of nitrogens with zero attached hydrogens (tertiary/aromatic N) is 4. The van der Waals surface area contributed by atoms with E-state index in [0.29, 0.717) is 104 Å². The van der Waals surface area contributed by atoms with Gasteiger partial charge in [-0.05, 0) is 68.3 Å². The Balaban J connectivity index is 0.000000207. The molecule has 326 valence electrons. The molecular weight excluding hydrogens is 807 g/mol. The normalized spacial score (nSPS) is 15.3. The smallest absolute Gasteiger partial charge is 0.267 e. The van der Waals surface area contributed by atoms with E-state index < -0.39 is 16.1 Å². The number of hydrogen-bond acceptors (Lipinski definition) is 15. The molecule has 5 N–H and O–H groups in total. The van der Waals surface area contributed by atoms with Crippen LogP contribution in [0.1, 0.15) is 19.4 Å². The van der Waals surface area contributed by atoms with E-state index in [4.69, 9.17) is 44.0 Å². The lowest BCUT2D eigenvalue weighted by molar-refractivity contribution is -0.141. The third-order valence-electron chi connectivity index (χ3n) is 9.95. The number of nitrogens with one attached hydrogen (secondary N) is 1. The van der Waals surface area contributed by atoms with Gasteiger partial charge in [-0.3, -0.25) is 4.79 Å². The molecule has 0 spiro atoms. The molecule has 2 atom stereocenters. The lowest BCUT2D eigenvalue weighted by Crippen LogP contribution is -2.54. The summed E-state index contributed by atoms with van der Waals surface area (Å²) in [5.41, 5.74) is 7.74. The number of nitrogens with two attached hydrogens (primary N) is 2. The zero-order chi connectivity index (χ0) is 43.5. The SMILES string of the molecule is CCOc1ccccc1OCCN[C@H](C)Cc1ccc(OC)c(S(N)(=O)=O)c1.COc1cc2nc(N3CCN(C(=O)C4COc5ccccc5O4)CC3)nc(N)c2cc1OC. The second-order valence-electron chi connectivity index (χ2n) is 14.1. The van der Waals surface area contributed by atoms with E-state index >= 15 is 0 Å². The van der Waals surface area contributed by atoms with Crippen LogP contribution < -0.4 is 54.2 Å². The number of piperazine rings is 1. The second kappa shape index (κ2) is 20.3. The molecule has 0 bridgehead atoms. The Hall–Kier alpha value is -6.24. The molecule has 1 aromatic heterocycles. The van der Waals surface area contributed by atoms with Gasteiger partial charge in [0.2, 0.25) is 22.1 Å². The van der Waals surface area contributed by atoms with Crippen LogP contribution in [0, 0.1) is 0 Å². The molecule has 7 rings (SSSR count). The van der Waals surface area contributed by atoms with Gasteiger partial charge in [0.15, 0.2) is 34.5 Å². The average molecular weight is 860 g/mol. The van der Waals surface area contributed by atoms with Crippen molar-refractivity contribution in [1.82, 2.24) is 20.2 Å². The summed E-state index contributed by atoms with van der Waals surface area (Å²) in [6.45, 7) is 8.06. The van der Waals surface area contributed by atoms with E-state index in [1.54, 1.807) is 49.5 Å². The van der Waals surface area contributed by atoms with Crippen LogP contribution in [0.4, 0.5) is 11.8 Å². The molecule has 1 saturated heterocycles. The number of para-hydroxylation sites is 4. The number of hydrogen-bond donors (Lipinski definition) is 3. The van der Waals surface area contributed by atoms with Crippen molar-refractivity contribution in [3.63, 3.8) is 0 Å². The van der Waals surface area contributed by atoms with E-state index in [-0.39, 0.29) is 29.2 Å². The number of anilines is 2. The number of sulfonamides is 1. The van der Waals surface area contributed by atoms with Crippen LogP contribution in [-0.2, 0) is 21.2 Å². The first-order chi connectivity index (χ1) is 29.4. The first kappa shape index (κ1) is 44.3. The number of carbonyl (C=O) groups excluding carboxylic acids is 1. The zero-order valence-corrected chi connectivity index (χ0v) is 35.8. The van der Waals surface area contributed by atoms with Gasteiger partial charge in [0, 0.05) is 50.2 Å². The van der Waals surface area contributed by atoms with E-state index in [0.717, 1.165) is 11.3 Å². The third-order valence-corrected chi connectivity index (χ3v) is 10.9. The minimum absolute atomic E-state index is 0.00411. The summed E-state index contributed by atoms with van der Waals surface area (Å²) in [4.78, 5) is 26.0. The zero-order valence-electron chi connectivity index (χ0n) is 35.0. The molecule has 2 aliphatic rings. The Morgan fingerprint density at radius 2 is 1.51 bits per heavy atom. The highest BCUT2D eigenvalue weighted by atomic mass is 32.2. The van der Waals surface area contributed by atoms with E-state index in [1.807, 2.05) is 67.3 Å². The van der Waals surface area contributed by atoms with Crippen molar-refractivity contribution in [1.29, 1.82) is 0 Å². The quantitative estimate of drug-likeness (QED) is 0.127. The summed E-state index contributed by atoms with van der Waals surface area (Å²) in [7, 11) is 0.716. The molecule has 18 heteroatoms. The number of aromatic nitrogens is 2. The number of carbonyl (C=O) groups is 1. The fourth-order valence-corrected chi connectivity index (χ4v) is 7.63. The highest BCUT2D eigenvalue weighted by Gasteiger charge is 2.33. The Morgan fingerprint density at radius 3 is 2.18 bits per heavy atom. The molecule has 5 aromatic rings. The van der Waals surface area contributed by atoms with Crippen LogP contribution in [-0.4, -0.2) is 115 Å². The fourth-order valence-electron chi connectivity index (χ4n) is 6.89. The number of fused-ring (bicyclic) bond motifs is 2. The first-order valence-corrected chi connectivity index (χ1v) is 21.4. The van der Waals surface area contributed by atoms with Gasteiger partial charge < -0.3 is 54.0 Å². The van der Waals surface area contributed by atoms with Crippen molar-refractivity contribution >= 4 is 38.6 Å². The molecule has 3 heterocycles. The molecule has 0 saturated carbocycles. The van der Waals surface area contributed by atoms with Crippen molar-refractivity contribution in [3.8, 4) is 40.2 Å². The van der Waals surface area contributed by atoms with Gasteiger partial charge in [0.25, 0.3) is 5.91 Å². The summed E-state index contributed by atoms with van der Waals surface area (Å²) in [6.07, 6.45) is -0.0105. The molecule has 0 aliphatic carbocycles. The Morgan fingerprint density at radius 1 is 0.852 bits per heavy atom. The molecule has 1 fully saturated rings. The van der Waals surface area contributed by atoms with Crippen molar-refractivity contribution in [2.45, 2.75) is 37.3 Å². The second-order valence-corrected chi connectivity index (χ2v) is 15.7. The van der Waals surface area contributed by atoms with Crippen LogP contribution in [0.3, 0.4) is 0 Å². The van der Waals surface area contributed by atoms with Crippen LogP contribution in [0.25, 0.3) is 10.9 Å². The van der Waals surface area contributed by atoms with Gasteiger partial charge >= 0.3 is 0 Å². The van der Waals surface area contributed by atoms with Gasteiger partial charge in [-0.1, -0.05) is 30.3 Å². The molecular formula is C43H53N7O10S. The summed E-state index contributed by atoms with van der Waals surface area (Å²) in [5, 5.41) is 9.33. The number of ether oxygens (including phenoxy) is 7. The molecule has 0 radical (unpaired) electrons. The van der Waals surface area contributed by atoms with Gasteiger partial charge in [0.1, 0.15) is 29.7 Å². The van der Waals surface area contributed by atoms with Crippen LogP contribution >= 0.6 is 0 Å². The monoisotopic (exact) mass is 859 g/mol. The highest BCUT2D eigenvalue weighted by Crippen LogP contribution is 2.35. The number of methoxy groups -OCH3 is 3. The maximum absolute atomic E-state index is 13.0. The molecule has 61 heavy (non-hydrogen) atoms. The molecule has 1 amide bonds. The largest absolute Gasteiger partial charge is 0.495 e. The predicted molar refractivity (Wildman–Crippen MR) is 231 cm³/mol. The van der Waals surface area contributed by atoms with E-state index in [9.17, 15) is 13.2 Å². The average Bonchev–Trinajstić information content (AvgIpc) is 3.27. The standard InChI is InChI=1S/C23H25N5O5.C20H28N2O5S/c1-30-18-11-14-15(12-19(18)31-2)25-23(26-21(14)24)28-9-7-27(8-10-28)22(29)20-13-32-16-5-3-4-6-17(16)33-20;1-4-26-17-7-5-6-8-18(17)27-12-11-22-15(2)13-16-9-10-19(25-3)20(14-16)28(21,23)24/h3-6,11-12,20H,7-10,13H2,1-2H3,(H2,24,25,26);5-10,14-15,22H,4,11-13H2,1-3H3,(H2,21,23,24)/t;15-/m.1/s1. The summed E-state index contributed by atoms with van der Waals surface area (Å²) < 4.78 is 62.1. The summed E-state index contributed by atoms with van der Waals surface area (Å²) >= 11 is 0. The molecule has 4 aromatic carbocycles. The number of primary sulfonamides is 1. The van der Waals surface area contributed by atoms with Crippen LogP contribution in [0.2, 0.25) is 0 Å². The third kappa shape index (κ3) is 11.1. The lowest BCUT2D eigenvalue weighted by Gasteiger charge is -2.37. The molecule has 17 nitrogen and oxygen atoms in total. The molecule has 1 unspecified atom stereocenters. The van der Waals surface area contributed by atoms with Crippen molar-refractivity contribution in [2.75, 3.05) is 84.5 Å².